The van der Waals surface area contributed by atoms with Gasteiger partial charge in [0.15, 0.2) is 29.2 Å². The summed E-state index contributed by atoms with van der Waals surface area (Å²) in [6.45, 7) is 12.6. The SMILES string of the molecule is C.C.C.C.CC(=O)OCc1ccccc1.CC(=O)OCc1ccccc1.CC(=O)[C@@H](N)CCCCN.N.[CH2-][C@@H](CCC(N)=O)C(=O)N[C@H](C(=O)C[C@@H](C)C(=O)N[C@@H](CCCN=C(N)N)C(=O)C[C@@H](CCCCNC(=O)c1ccco1)C(N)=O)[C@@H](C)O.[HH].[Y].[Y]. The normalized spacial score (nSPS) is 11.9. The van der Waals surface area contributed by atoms with E-state index >= 15 is 0 Å². The van der Waals surface area contributed by atoms with Gasteiger partial charge in [-0.05, 0) is 82.2 Å². The number of furan rings is 1. The summed E-state index contributed by atoms with van der Waals surface area (Å²) in [6.07, 6.45) is 3.73. The van der Waals surface area contributed by atoms with Gasteiger partial charge < -0.3 is 82.4 Å². The molecule has 0 fully saturated rings. The number of primary amides is 2. The van der Waals surface area contributed by atoms with Gasteiger partial charge in [-0.15, -0.1) is 0 Å². The molecule has 0 bridgehead atoms. The molecule has 25 nitrogen and oxygen atoms in total. The number of unbranched alkanes of at least 4 members (excludes halogenated alkanes) is 2. The van der Waals surface area contributed by atoms with Crippen LogP contribution in [0.15, 0.2) is 88.5 Å². The van der Waals surface area contributed by atoms with E-state index in [1.165, 1.54) is 46.9 Å². The summed E-state index contributed by atoms with van der Waals surface area (Å²) >= 11 is 0. The first-order chi connectivity index (χ1) is 38.3. The Balaban J connectivity index is -0.000000185. The minimum Gasteiger partial charge on any atom is -0.461 e. The Labute approximate surface area is 574 Å². The third-order valence-corrected chi connectivity index (χ3v) is 11.8. The number of nitrogens with two attached hydrogens (primary N) is 6. The molecule has 498 valence electrons. The zero-order valence-electron chi connectivity index (χ0n) is 49.3. The number of nitrogens with zero attached hydrogens (tertiary/aromatic N) is 1. The molecule has 27 heteroatoms. The van der Waals surface area contributed by atoms with Crippen LogP contribution in [0.5, 0.6) is 0 Å². The van der Waals surface area contributed by atoms with Crippen molar-refractivity contribution < 1.29 is 134 Å². The van der Waals surface area contributed by atoms with E-state index in [1.807, 2.05) is 60.7 Å². The number of hydrogen-bond acceptors (Lipinski definition) is 18. The average molecular weight is 1400 g/mol. The van der Waals surface area contributed by atoms with Gasteiger partial charge in [0.05, 0.1) is 24.5 Å². The molecule has 88 heavy (non-hydrogen) atoms. The minimum absolute atomic E-state index is 0. The van der Waals surface area contributed by atoms with Gasteiger partial charge in [0.1, 0.15) is 25.0 Å². The molecule has 5 amide bonds. The van der Waals surface area contributed by atoms with Crippen LogP contribution in [0.3, 0.4) is 0 Å². The minimum atomic E-state index is -1.35. The number of benzene rings is 2. The van der Waals surface area contributed by atoms with Crippen LogP contribution in [0.25, 0.3) is 0 Å². The van der Waals surface area contributed by atoms with Crippen LogP contribution in [0.4, 0.5) is 0 Å². The van der Waals surface area contributed by atoms with Gasteiger partial charge in [-0.25, -0.2) is 0 Å². The van der Waals surface area contributed by atoms with Crippen LogP contribution in [0, 0.1) is 24.7 Å². The molecule has 0 aliphatic rings. The van der Waals surface area contributed by atoms with Crippen molar-refractivity contribution in [1.29, 1.82) is 0 Å². The monoisotopic (exact) mass is 1400 g/mol. The molecule has 2 radical (unpaired) electrons. The summed E-state index contributed by atoms with van der Waals surface area (Å²) in [5.41, 5.74) is 34.2. The van der Waals surface area contributed by atoms with Gasteiger partial charge in [-0.3, -0.25) is 52.9 Å². The molecule has 0 saturated carbocycles. The van der Waals surface area contributed by atoms with Crippen LogP contribution < -0.4 is 56.5 Å². The molecule has 0 aliphatic carbocycles. The van der Waals surface area contributed by atoms with Crippen LogP contribution in [-0.4, -0.2) is 114 Å². The van der Waals surface area contributed by atoms with Gasteiger partial charge >= 0.3 is 11.9 Å². The molecule has 2 aromatic carbocycles. The van der Waals surface area contributed by atoms with E-state index < -0.39 is 71.1 Å². The average Bonchev–Trinajstić information content (AvgIpc) is 4.00. The number of guanidine groups is 1. The summed E-state index contributed by atoms with van der Waals surface area (Å²) in [5, 5.41) is 17.9. The van der Waals surface area contributed by atoms with Gasteiger partial charge in [-0.1, -0.05) is 122 Å². The number of aliphatic hydroxyl groups is 1. The zero-order valence-corrected chi connectivity index (χ0v) is 55.0. The van der Waals surface area contributed by atoms with E-state index in [9.17, 15) is 53.1 Å². The van der Waals surface area contributed by atoms with Crippen molar-refractivity contribution >= 4 is 64.8 Å². The molecule has 0 saturated heterocycles. The van der Waals surface area contributed by atoms with Crippen molar-refractivity contribution in [2.24, 2.45) is 57.1 Å². The second-order valence-corrected chi connectivity index (χ2v) is 19.0. The van der Waals surface area contributed by atoms with Gasteiger partial charge in [-0.2, -0.15) is 0 Å². The summed E-state index contributed by atoms with van der Waals surface area (Å²) in [6, 6.07) is 19.6. The Bertz CT molecular complexity index is 2360. The molecule has 0 spiro atoms. The van der Waals surface area contributed by atoms with E-state index in [4.69, 9.17) is 48.3 Å². The number of aliphatic imine (C=N–C) groups is 1. The fourth-order valence-corrected chi connectivity index (χ4v) is 7.01. The predicted molar refractivity (Wildman–Crippen MR) is 338 cm³/mol. The first-order valence-corrected chi connectivity index (χ1v) is 26.7. The smallest absolute Gasteiger partial charge is 0.302 e. The van der Waals surface area contributed by atoms with E-state index in [1.54, 1.807) is 6.07 Å². The summed E-state index contributed by atoms with van der Waals surface area (Å²) in [5.74, 6) is -7.23. The third-order valence-electron chi connectivity index (χ3n) is 11.8. The number of hydrogen-bond donors (Lipinski definition) is 11. The number of carbonyl (C=O) groups is 10. The Morgan fingerprint density at radius 2 is 1.19 bits per heavy atom. The summed E-state index contributed by atoms with van der Waals surface area (Å²) < 4.78 is 14.6. The van der Waals surface area contributed by atoms with Crippen molar-refractivity contribution in [2.75, 3.05) is 19.6 Å². The fourth-order valence-electron chi connectivity index (χ4n) is 7.01. The predicted octanol–water partition coefficient (Wildman–Crippen LogP) is 5.43. The Morgan fingerprint density at radius 1 is 0.670 bits per heavy atom. The number of rotatable bonds is 34. The van der Waals surface area contributed by atoms with Crippen molar-refractivity contribution in [2.45, 2.75) is 179 Å². The standard InChI is InChI=1S/C32H51N8O9.2C9H10O2.C7H16N2O.4CH4.H3N.2Y.H2/c1-18(11-12-26(33)44)29(46)40-27(20(3)41)24(43)16-19(2)30(47)39-22(9-6-14-38-32(35)36)23(42)17-21(28(34)45)8-4-5-13-37-31(48)25-10-7-15-49-25;2*1-8(10)11-7-9-5-3-2-4-6-9;1-6(10)7(9)4-2-3-5-8;;;;;;;;/h7,10,15,18-22,27,41H,1,4-6,8-9,11-14,16-17H2,2-3H3,(H2,33,44)(H2,34,45)(H,37,48)(H,39,47)(H,40,46)(H4,35,36,38);2*2-6H,7H2,1H3;7H,2-5,8-9H2,1H3;4*1H4;1H3;;;1H/q-1;;;;;;;;;;;/t18-,19+,20+,21+,22-,27-;;;7-;;;;;;;;/m0..0......../s1. The molecule has 1 aromatic heterocycles. The number of amides is 5. The molecule has 0 unspecified atom stereocenters. The maximum atomic E-state index is 13.4. The number of ether oxygens (including phenoxy) is 2. The Morgan fingerprint density at radius 3 is 1.62 bits per heavy atom. The van der Waals surface area contributed by atoms with Gasteiger partial charge in [0, 0.05) is 125 Å². The second-order valence-electron chi connectivity index (χ2n) is 19.0. The first kappa shape index (κ1) is 98.6. The third kappa shape index (κ3) is 50.2. The fraction of sp³-hybridized carbons (Fsp3) is 0.541. The molecule has 0 aliphatic heterocycles. The van der Waals surface area contributed by atoms with Crippen LogP contribution in [-0.2, 0) is 131 Å². The second kappa shape index (κ2) is 59.0. The van der Waals surface area contributed by atoms with Crippen molar-refractivity contribution in [1.82, 2.24) is 22.1 Å². The van der Waals surface area contributed by atoms with Crippen molar-refractivity contribution in [3.63, 3.8) is 0 Å². The van der Waals surface area contributed by atoms with Gasteiger partial charge in [0.25, 0.3) is 5.91 Å². The van der Waals surface area contributed by atoms with E-state index in [0.29, 0.717) is 45.6 Å². The van der Waals surface area contributed by atoms with Crippen molar-refractivity contribution in [3.8, 4) is 0 Å². The zero-order chi connectivity index (χ0) is 61.3. The summed E-state index contributed by atoms with van der Waals surface area (Å²) in [7, 11) is 0. The maximum absolute atomic E-state index is 13.4. The van der Waals surface area contributed by atoms with Crippen LogP contribution >= 0.6 is 0 Å². The molecule has 1 heterocycles. The first-order valence-electron chi connectivity index (χ1n) is 26.7. The summed E-state index contributed by atoms with van der Waals surface area (Å²) in [4.78, 5) is 123. The molecule has 7 atom stereocenters. The number of nitrogens with one attached hydrogen (secondary N) is 3. The number of Topliss-reactive ketones (excluding diaryl/α,β-unsaturated/α-hetero) is 3. The molecule has 3 rings (SSSR count). The number of ketones is 3. The number of aliphatic hydroxyl groups excluding tert-OH is 1. The topological polar surface area (TPSA) is 462 Å². The van der Waals surface area contributed by atoms with E-state index in [-0.39, 0.29) is 189 Å². The maximum Gasteiger partial charge on any atom is 0.302 e. The van der Waals surface area contributed by atoms with E-state index in [2.05, 4.69) is 27.9 Å². The molecule has 19 N–H and O–H groups in total. The van der Waals surface area contributed by atoms with Crippen molar-refractivity contribution in [3.05, 3.63) is 103 Å². The largest absolute Gasteiger partial charge is 0.461 e. The Kier molecular flexibility index (Phi) is 66.1. The van der Waals surface area contributed by atoms with E-state index in [0.717, 1.165) is 30.4 Å². The quantitative estimate of drug-likeness (QED) is 0.0117. The number of carbonyl (C=O) groups excluding carboxylic acids is 10. The van der Waals surface area contributed by atoms with Crippen LogP contribution in [0.1, 0.15) is 164 Å². The number of esters is 2. The molecular formula is C61H108N11O14Y2-. The van der Waals surface area contributed by atoms with Gasteiger partial charge in [0.2, 0.25) is 17.7 Å². The molecule has 3 aromatic rings. The van der Waals surface area contributed by atoms with Crippen LogP contribution in [0.2, 0.25) is 0 Å². The Hall–Kier alpha value is -5.66. The molecular weight excluding hydrogens is 1290 g/mol.